The number of halogens is 1. The summed E-state index contributed by atoms with van der Waals surface area (Å²) in [4.78, 5) is 25.3. The molecule has 1 amide bonds. The van der Waals surface area contributed by atoms with Crippen LogP contribution in [-0.4, -0.2) is 42.5 Å². The van der Waals surface area contributed by atoms with E-state index in [0.29, 0.717) is 43.6 Å². The number of hydrogen-bond donors (Lipinski definition) is 1. The van der Waals surface area contributed by atoms with Crippen molar-refractivity contribution in [1.29, 1.82) is 0 Å². The van der Waals surface area contributed by atoms with Crippen LogP contribution in [-0.2, 0) is 16.6 Å². The van der Waals surface area contributed by atoms with Gasteiger partial charge in [0.1, 0.15) is 10.1 Å². The van der Waals surface area contributed by atoms with Crippen LogP contribution in [0, 0.1) is 6.92 Å². The van der Waals surface area contributed by atoms with Crippen LogP contribution in [0.4, 0.5) is 0 Å². The summed E-state index contributed by atoms with van der Waals surface area (Å²) in [7, 11) is 1.75. The SMILES string of the molecule is Cc1nn(C)c(Oc2cccc(Cl)c2)c1/C=C1/SC(=S)N(CCCC(=O)O)C1=O. The van der Waals surface area contributed by atoms with E-state index in [0.717, 1.165) is 0 Å². The largest absolute Gasteiger partial charge is 0.481 e. The number of carbonyl (C=O) groups excluding carboxylic acids is 1. The summed E-state index contributed by atoms with van der Waals surface area (Å²) in [5.74, 6) is -0.126. The highest BCUT2D eigenvalue weighted by Gasteiger charge is 2.32. The molecule has 2 heterocycles. The smallest absolute Gasteiger partial charge is 0.303 e. The second kappa shape index (κ2) is 8.98. The van der Waals surface area contributed by atoms with E-state index < -0.39 is 5.97 Å². The molecular weight excluding hydrogens is 434 g/mol. The standard InChI is InChI=1S/C19H18ClN3O4S2/c1-11-14(18(22(2)21-11)27-13-6-3-5-12(20)9-13)10-15-17(26)23(19(28)29-15)8-4-7-16(24)25/h3,5-6,9-10H,4,7-8H2,1-2H3,(H,24,25)/b15-10+. The van der Waals surface area contributed by atoms with Gasteiger partial charge in [0, 0.05) is 25.0 Å². The first-order valence-corrected chi connectivity index (χ1v) is 10.3. The van der Waals surface area contributed by atoms with Crippen LogP contribution in [0.15, 0.2) is 29.2 Å². The molecule has 1 fully saturated rings. The fourth-order valence-electron chi connectivity index (χ4n) is 2.79. The van der Waals surface area contributed by atoms with Crippen LogP contribution in [0.3, 0.4) is 0 Å². The number of thioether (sulfide) groups is 1. The molecule has 1 saturated heterocycles. The lowest BCUT2D eigenvalue weighted by molar-refractivity contribution is -0.137. The van der Waals surface area contributed by atoms with E-state index in [4.69, 9.17) is 33.7 Å². The monoisotopic (exact) mass is 451 g/mol. The third kappa shape index (κ3) is 4.98. The second-order valence-electron chi connectivity index (χ2n) is 6.32. The van der Waals surface area contributed by atoms with Crippen LogP contribution in [0.1, 0.15) is 24.1 Å². The molecule has 10 heteroatoms. The molecule has 0 spiro atoms. The number of aliphatic carboxylic acids is 1. The predicted octanol–water partition coefficient (Wildman–Crippen LogP) is 4.24. The normalized spacial score (nSPS) is 15.4. The number of rotatable bonds is 7. The number of aromatic nitrogens is 2. The first-order chi connectivity index (χ1) is 13.8. The van der Waals surface area contributed by atoms with Crippen molar-refractivity contribution >= 4 is 57.9 Å². The third-order valence-electron chi connectivity index (χ3n) is 4.15. The molecule has 152 valence electrons. The van der Waals surface area contributed by atoms with E-state index in [1.807, 2.05) is 6.92 Å². The number of carbonyl (C=O) groups is 2. The Labute approximate surface area is 182 Å². The summed E-state index contributed by atoms with van der Waals surface area (Å²) in [5.41, 5.74) is 1.36. The summed E-state index contributed by atoms with van der Waals surface area (Å²) in [5, 5.41) is 13.7. The van der Waals surface area contributed by atoms with E-state index >= 15 is 0 Å². The van der Waals surface area contributed by atoms with Gasteiger partial charge in [-0.3, -0.25) is 14.5 Å². The zero-order chi connectivity index (χ0) is 21.1. The molecule has 1 aromatic carbocycles. The molecular formula is C19H18ClN3O4S2. The molecule has 3 rings (SSSR count). The first kappa shape index (κ1) is 21.4. The zero-order valence-electron chi connectivity index (χ0n) is 15.7. The van der Waals surface area contributed by atoms with E-state index in [1.165, 1.54) is 16.7 Å². The number of thiocarbonyl (C=S) groups is 1. The average molecular weight is 452 g/mol. The molecule has 0 atom stereocenters. The number of carboxylic acids is 1. The molecule has 0 unspecified atom stereocenters. The average Bonchev–Trinajstić information content (AvgIpc) is 3.05. The molecule has 1 N–H and O–H groups in total. The molecule has 0 bridgehead atoms. The van der Waals surface area contributed by atoms with Crippen molar-refractivity contribution in [3.63, 3.8) is 0 Å². The summed E-state index contributed by atoms with van der Waals surface area (Å²) < 4.78 is 7.97. The Morgan fingerprint density at radius 2 is 2.21 bits per heavy atom. The number of benzene rings is 1. The van der Waals surface area contributed by atoms with Crippen molar-refractivity contribution in [2.75, 3.05) is 6.54 Å². The van der Waals surface area contributed by atoms with Crippen LogP contribution in [0.25, 0.3) is 6.08 Å². The highest BCUT2D eigenvalue weighted by molar-refractivity contribution is 8.26. The van der Waals surface area contributed by atoms with Crippen molar-refractivity contribution in [3.05, 3.63) is 45.5 Å². The van der Waals surface area contributed by atoms with Gasteiger partial charge in [0.15, 0.2) is 0 Å². The minimum Gasteiger partial charge on any atom is -0.481 e. The minimum absolute atomic E-state index is 0.0184. The summed E-state index contributed by atoms with van der Waals surface area (Å²) in [6.07, 6.45) is 2.03. The first-order valence-electron chi connectivity index (χ1n) is 8.70. The van der Waals surface area contributed by atoms with Gasteiger partial charge in [-0.1, -0.05) is 41.6 Å². The van der Waals surface area contributed by atoms with Crippen LogP contribution in [0.5, 0.6) is 11.6 Å². The van der Waals surface area contributed by atoms with Gasteiger partial charge in [0.05, 0.1) is 16.2 Å². The van der Waals surface area contributed by atoms with Gasteiger partial charge < -0.3 is 9.84 Å². The highest BCUT2D eigenvalue weighted by Crippen LogP contribution is 2.36. The van der Waals surface area contributed by atoms with Gasteiger partial charge in [0.2, 0.25) is 5.88 Å². The van der Waals surface area contributed by atoms with Gasteiger partial charge in [-0.05, 0) is 37.6 Å². The Morgan fingerprint density at radius 3 is 2.90 bits per heavy atom. The molecule has 1 aliphatic heterocycles. The zero-order valence-corrected chi connectivity index (χ0v) is 18.1. The Hall–Kier alpha value is -2.36. The Bertz CT molecular complexity index is 1020. The van der Waals surface area contributed by atoms with Crippen LogP contribution < -0.4 is 4.74 Å². The summed E-state index contributed by atoms with van der Waals surface area (Å²) >= 11 is 12.5. The van der Waals surface area contributed by atoms with Crippen molar-refractivity contribution < 1.29 is 19.4 Å². The lowest BCUT2D eigenvalue weighted by Gasteiger charge is -2.13. The van der Waals surface area contributed by atoms with Gasteiger partial charge in [-0.25, -0.2) is 4.68 Å². The quantitative estimate of drug-likeness (QED) is 0.497. The van der Waals surface area contributed by atoms with Gasteiger partial charge in [0.25, 0.3) is 5.91 Å². The fourth-order valence-corrected chi connectivity index (χ4v) is 4.27. The topological polar surface area (TPSA) is 84.7 Å². The van der Waals surface area contributed by atoms with E-state index in [2.05, 4.69) is 5.10 Å². The second-order valence-corrected chi connectivity index (χ2v) is 8.43. The number of carboxylic acid groups (broad SMARTS) is 1. The minimum atomic E-state index is -0.903. The van der Waals surface area contributed by atoms with E-state index in [9.17, 15) is 9.59 Å². The van der Waals surface area contributed by atoms with Crippen molar-refractivity contribution in [2.24, 2.45) is 7.05 Å². The van der Waals surface area contributed by atoms with Crippen molar-refractivity contribution in [2.45, 2.75) is 19.8 Å². The lowest BCUT2D eigenvalue weighted by Crippen LogP contribution is -2.29. The molecule has 1 aromatic heterocycles. The Kier molecular flexibility index (Phi) is 6.61. The van der Waals surface area contributed by atoms with Crippen LogP contribution in [0.2, 0.25) is 5.02 Å². The van der Waals surface area contributed by atoms with Gasteiger partial charge in [-0.15, -0.1) is 0 Å². The molecule has 29 heavy (non-hydrogen) atoms. The highest BCUT2D eigenvalue weighted by atomic mass is 35.5. The molecule has 0 aliphatic carbocycles. The predicted molar refractivity (Wildman–Crippen MR) is 116 cm³/mol. The molecule has 7 nitrogen and oxygen atoms in total. The lowest BCUT2D eigenvalue weighted by atomic mass is 10.2. The fraction of sp³-hybridized carbons (Fsp3) is 0.263. The maximum Gasteiger partial charge on any atom is 0.303 e. The maximum absolute atomic E-state index is 12.7. The van der Waals surface area contributed by atoms with Gasteiger partial charge >= 0.3 is 5.97 Å². The van der Waals surface area contributed by atoms with Crippen molar-refractivity contribution in [1.82, 2.24) is 14.7 Å². The number of ether oxygens (including phenoxy) is 1. The van der Waals surface area contributed by atoms with E-state index in [1.54, 1.807) is 42.1 Å². The number of hydrogen-bond acceptors (Lipinski definition) is 6. The van der Waals surface area contributed by atoms with Gasteiger partial charge in [-0.2, -0.15) is 5.10 Å². The third-order valence-corrected chi connectivity index (χ3v) is 5.76. The number of nitrogens with zero attached hydrogens (tertiary/aromatic N) is 3. The summed E-state index contributed by atoms with van der Waals surface area (Å²) in [6.45, 7) is 2.09. The Morgan fingerprint density at radius 1 is 1.45 bits per heavy atom. The molecule has 0 saturated carbocycles. The Balaban J connectivity index is 1.85. The number of amides is 1. The van der Waals surface area contributed by atoms with Crippen molar-refractivity contribution in [3.8, 4) is 11.6 Å². The van der Waals surface area contributed by atoms with Crippen LogP contribution >= 0.6 is 35.6 Å². The van der Waals surface area contributed by atoms with E-state index in [-0.39, 0.29) is 18.9 Å². The molecule has 2 aromatic rings. The number of aryl methyl sites for hydroxylation is 2. The maximum atomic E-state index is 12.7. The molecule has 0 radical (unpaired) electrons. The molecule has 1 aliphatic rings. The summed E-state index contributed by atoms with van der Waals surface area (Å²) in [6, 6.07) is 7.00.